The third-order valence-corrected chi connectivity index (χ3v) is 5.53. The van der Waals surface area contributed by atoms with E-state index in [0.29, 0.717) is 10.7 Å². The highest BCUT2D eigenvalue weighted by Gasteiger charge is 2.23. The summed E-state index contributed by atoms with van der Waals surface area (Å²) in [6.07, 6.45) is 4.38. The van der Waals surface area contributed by atoms with E-state index in [9.17, 15) is 13.2 Å². The van der Waals surface area contributed by atoms with E-state index >= 15 is 0 Å². The first-order valence-electron chi connectivity index (χ1n) is 7.49. The molecule has 1 fully saturated rings. The molecule has 1 aliphatic heterocycles. The van der Waals surface area contributed by atoms with E-state index in [2.05, 4.69) is 0 Å². The van der Waals surface area contributed by atoms with Crippen LogP contribution in [0.4, 0.5) is 5.69 Å². The number of hydrogen-bond donors (Lipinski definition) is 0. The predicted octanol–water partition coefficient (Wildman–Crippen LogP) is 3.16. The Balaban J connectivity index is 2.12. The topological polar surface area (TPSA) is 57.7 Å². The number of nitrogens with zero attached hydrogens (tertiary/aromatic N) is 2. The molecule has 128 valence electrons. The average molecular weight is 379 g/mol. The lowest BCUT2D eigenvalue weighted by Gasteiger charge is -2.28. The second-order valence-electron chi connectivity index (χ2n) is 5.62. The Labute approximate surface area is 147 Å². The quantitative estimate of drug-likeness (QED) is 0.790. The first kappa shape index (κ1) is 18.4. The van der Waals surface area contributed by atoms with E-state index in [1.54, 1.807) is 17.0 Å². The van der Waals surface area contributed by atoms with Crippen molar-refractivity contribution in [3.8, 4) is 0 Å². The lowest BCUT2D eigenvalue weighted by molar-refractivity contribution is -0.131. The van der Waals surface area contributed by atoms with Gasteiger partial charge in [-0.1, -0.05) is 23.2 Å². The third kappa shape index (κ3) is 4.99. The lowest BCUT2D eigenvalue weighted by Crippen LogP contribution is -2.39. The molecule has 0 spiro atoms. The molecule has 1 heterocycles. The van der Waals surface area contributed by atoms with Crippen molar-refractivity contribution in [1.29, 1.82) is 0 Å². The van der Waals surface area contributed by atoms with Gasteiger partial charge in [-0.05, 0) is 37.5 Å². The van der Waals surface area contributed by atoms with Crippen molar-refractivity contribution < 1.29 is 13.2 Å². The fraction of sp³-hybridized carbons (Fsp3) is 0.533. The summed E-state index contributed by atoms with van der Waals surface area (Å²) < 4.78 is 25.3. The van der Waals surface area contributed by atoms with Gasteiger partial charge in [0.1, 0.15) is 0 Å². The molecule has 0 bridgehead atoms. The highest BCUT2D eigenvalue weighted by Crippen LogP contribution is 2.30. The second kappa shape index (κ2) is 7.73. The number of hydrogen-bond acceptors (Lipinski definition) is 3. The first-order valence-corrected chi connectivity index (χ1v) is 10.1. The average Bonchev–Trinajstić information content (AvgIpc) is 2.48. The largest absolute Gasteiger partial charge is 0.343 e. The van der Waals surface area contributed by atoms with E-state index in [1.165, 1.54) is 6.07 Å². The summed E-state index contributed by atoms with van der Waals surface area (Å²) in [4.78, 5) is 14.0. The van der Waals surface area contributed by atoms with Crippen molar-refractivity contribution in [2.24, 2.45) is 0 Å². The SMILES string of the molecule is CS(=O)(=O)N(CCC(=O)N1CCCCC1)c1ccc(Cl)cc1Cl. The van der Waals surface area contributed by atoms with Crippen LogP contribution in [0.15, 0.2) is 18.2 Å². The summed E-state index contributed by atoms with van der Waals surface area (Å²) in [7, 11) is -3.54. The maximum absolute atomic E-state index is 12.3. The number of rotatable bonds is 5. The van der Waals surface area contributed by atoms with Gasteiger partial charge in [0.15, 0.2) is 0 Å². The van der Waals surface area contributed by atoms with Gasteiger partial charge in [0, 0.05) is 31.1 Å². The van der Waals surface area contributed by atoms with Crippen molar-refractivity contribution in [1.82, 2.24) is 4.90 Å². The predicted molar refractivity (Wildman–Crippen MR) is 93.7 cm³/mol. The van der Waals surface area contributed by atoms with Gasteiger partial charge in [0.2, 0.25) is 15.9 Å². The number of likely N-dealkylation sites (tertiary alicyclic amines) is 1. The fourth-order valence-electron chi connectivity index (χ4n) is 2.65. The highest BCUT2D eigenvalue weighted by molar-refractivity contribution is 7.92. The lowest BCUT2D eigenvalue weighted by atomic mass is 10.1. The number of piperidine rings is 1. The van der Waals surface area contributed by atoms with Crippen LogP contribution >= 0.6 is 23.2 Å². The van der Waals surface area contributed by atoms with Crippen LogP contribution in [-0.2, 0) is 14.8 Å². The zero-order valence-electron chi connectivity index (χ0n) is 13.0. The number of halogens is 2. The van der Waals surface area contributed by atoms with Gasteiger partial charge < -0.3 is 4.90 Å². The summed E-state index contributed by atoms with van der Waals surface area (Å²) in [5.41, 5.74) is 0.338. The molecule has 1 amide bonds. The molecular formula is C15H20Cl2N2O3S. The normalized spacial score (nSPS) is 15.5. The molecule has 1 aromatic carbocycles. The number of carbonyl (C=O) groups is 1. The van der Waals surface area contributed by atoms with Crippen LogP contribution < -0.4 is 4.31 Å². The molecule has 0 unspecified atom stereocenters. The molecule has 1 saturated heterocycles. The van der Waals surface area contributed by atoms with Crippen LogP contribution in [0, 0.1) is 0 Å². The van der Waals surface area contributed by atoms with E-state index in [-0.39, 0.29) is 23.9 Å². The van der Waals surface area contributed by atoms with Gasteiger partial charge in [-0.3, -0.25) is 9.10 Å². The minimum absolute atomic E-state index is 0.0246. The van der Waals surface area contributed by atoms with Crippen LogP contribution in [0.3, 0.4) is 0 Å². The molecule has 0 aliphatic carbocycles. The Morgan fingerprint density at radius 3 is 2.43 bits per heavy atom. The minimum Gasteiger partial charge on any atom is -0.343 e. The van der Waals surface area contributed by atoms with Crippen LogP contribution in [0.5, 0.6) is 0 Å². The standard InChI is InChI=1S/C15H20Cl2N2O3S/c1-23(21,22)19(14-6-5-12(16)11-13(14)17)10-7-15(20)18-8-3-2-4-9-18/h5-6,11H,2-4,7-10H2,1H3. The van der Waals surface area contributed by atoms with E-state index in [0.717, 1.165) is 42.9 Å². The second-order valence-corrected chi connectivity index (χ2v) is 8.37. The van der Waals surface area contributed by atoms with Gasteiger partial charge in [0.25, 0.3) is 0 Å². The number of carbonyl (C=O) groups excluding carboxylic acids is 1. The molecule has 0 saturated carbocycles. The molecule has 23 heavy (non-hydrogen) atoms. The maximum Gasteiger partial charge on any atom is 0.232 e. The summed E-state index contributed by atoms with van der Waals surface area (Å²) >= 11 is 12.0. The van der Waals surface area contributed by atoms with Crippen molar-refractivity contribution >= 4 is 44.8 Å². The van der Waals surface area contributed by atoms with Gasteiger partial charge in [-0.25, -0.2) is 8.42 Å². The number of benzene rings is 1. The van der Waals surface area contributed by atoms with Crippen molar-refractivity contribution in [3.05, 3.63) is 28.2 Å². The van der Waals surface area contributed by atoms with Crippen LogP contribution in [0.1, 0.15) is 25.7 Å². The fourth-order valence-corrected chi connectivity index (χ4v) is 4.15. The third-order valence-electron chi connectivity index (χ3n) is 3.82. The Morgan fingerprint density at radius 2 is 1.87 bits per heavy atom. The van der Waals surface area contributed by atoms with E-state index in [4.69, 9.17) is 23.2 Å². The molecule has 0 aromatic heterocycles. The van der Waals surface area contributed by atoms with Gasteiger partial charge in [-0.15, -0.1) is 0 Å². The van der Waals surface area contributed by atoms with Gasteiger partial charge in [0.05, 0.1) is 17.0 Å². The molecule has 0 N–H and O–H groups in total. The molecular weight excluding hydrogens is 359 g/mol. The molecule has 8 heteroatoms. The summed E-state index contributed by atoms with van der Waals surface area (Å²) in [6, 6.07) is 4.62. The van der Waals surface area contributed by atoms with Crippen molar-refractivity contribution in [3.63, 3.8) is 0 Å². The smallest absolute Gasteiger partial charge is 0.232 e. The van der Waals surface area contributed by atoms with E-state index < -0.39 is 10.0 Å². The Morgan fingerprint density at radius 1 is 1.22 bits per heavy atom. The summed E-state index contributed by atoms with van der Waals surface area (Å²) in [6.45, 7) is 1.56. The van der Waals surface area contributed by atoms with Gasteiger partial charge in [-0.2, -0.15) is 0 Å². The molecule has 0 radical (unpaired) electrons. The zero-order valence-corrected chi connectivity index (χ0v) is 15.3. The van der Waals surface area contributed by atoms with Gasteiger partial charge >= 0.3 is 0 Å². The van der Waals surface area contributed by atoms with E-state index in [1.807, 2.05) is 0 Å². The van der Waals surface area contributed by atoms with Crippen LogP contribution in [-0.4, -0.2) is 45.1 Å². The van der Waals surface area contributed by atoms with Crippen molar-refractivity contribution in [2.45, 2.75) is 25.7 Å². The Hall–Kier alpha value is -0.980. The Bertz CT molecular complexity index is 673. The summed E-state index contributed by atoms with van der Waals surface area (Å²) in [5, 5.41) is 0.671. The van der Waals surface area contributed by atoms with Crippen LogP contribution in [0.2, 0.25) is 10.0 Å². The molecule has 2 rings (SSSR count). The summed E-state index contributed by atoms with van der Waals surface area (Å²) in [5.74, 6) is -0.0246. The zero-order chi connectivity index (χ0) is 17.0. The minimum atomic E-state index is -3.54. The number of anilines is 1. The molecule has 1 aromatic rings. The molecule has 5 nitrogen and oxygen atoms in total. The molecule has 0 atom stereocenters. The first-order chi connectivity index (χ1) is 10.8. The number of sulfonamides is 1. The van der Waals surface area contributed by atoms with Crippen molar-refractivity contribution in [2.75, 3.05) is 30.2 Å². The van der Waals surface area contributed by atoms with Crippen LogP contribution in [0.25, 0.3) is 0 Å². The Kier molecular flexibility index (Phi) is 6.17. The highest BCUT2D eigenvalue weighted by atomic mass is 35.5. The molecule has 1 aliphatic rings. The monoisotopic (exact) mass is 378 g/mol. The number of amides is 1. The maximum atomic E-state index is 12.3.